The second-order valence-corrected chi connectivity index (χ2v) is 10.1. The van der Waals surface area contributed by atoms with E-state index in [0.29, 0.717) is 25.6 Å². The summed E-state index contributed by atoms with van der Waals surface area (Å²) < 4.78 is 16.8. The van der Waals surface area contributed by atoms with Crippen LogP contribution >= 0.6 is 11.6 Å². The van der Waals surface area contributed by atoms with Crippen LogP contribution < -0.4 is 4.74 Å². The van der Waals surface area contributed by atoms with Gasteiger partial charge in [-0.15, -0.1) is 0 Å². The molecule has 0 saturated carbocycles. The van der Waals surface area contributed by atoms with E-state index >= 15 is 0 Å². The lowest BCUT2D eigenvalue weighted by molar-refractivity contribution is -0.143. The average molecular weight is 532 g/mol. The largest absolute Gasteiger partial charge is 0.496 e. The van der Waals surface area contributed by atoms with Crippen LogP contribution in [-0.4, -0.2) is 61.5 Å². The van der Waals surface area contributed by atoms with Crippen LogP contribution in [0.4, 0.5) is 0 Å². The smallest absolute Gasteiger partial charge is 0.306 e. The van der Waals surface area contributed by atoms with Gasteiger partial charge in [0.1, 0.15) is 5.75 Å². The number of hydrogen-bond donors (Lipinski definition) is 1. The van der Waals surface area contributed by atoms with Gasteiger partial charge in [-0.1, -0.05) is 42.8 Å². The number of aliphatic hydroxyl groups is 1. The normalized spacial score (nSPS) is 17.5. The first-order chi connectivity index (χ1) is 17.9. The van der Waals surface area contributed by atoms with Crippen molar-refractivity contribution in [2.24, 2.45) is 0 Å². The number of hydrogen-bond acceptors (Lipinski definition) is 6. The zero-order valence-corrected chi connectivity index (χ0v) is 23.4. The number of esters is 1. The van der Waals surface area contributed by atoms with Gasteiger partial charge in [-0.2, -0.15) is 0 Å². The maximum Gasteiger partial charge on any atom is 0.306 e. The first-order valence-electron chi connectivity index (χ1n) is 13.5. The predicted octanol–water partition coefficient (Wildman–Crippen LogP) is 5.55. The van der Waals surface area contributed by atoms with Crippen molar-refractivity contribution in [3.8, 4) is 5.75 Å². The molecule has 3 rings (SSSR count). The zero-order chi connectivity index (χ0) is 26.8. The summed E-state index contributed by atoms with van der Waals surface area (Å²) in [5.74, 6) is 0.499. The summed E-state index contributed by atoms with van der Waals surface area (Å²) in [5, 5.41) is 11.7. The van der Waals surface area contributed by atoms with Gasteiger partial charge in [0, 0.05) is 29.6 Å². The van der Waals surface area contributed by atoms with Gasteiger partial charge >= 0.3 is 5.97 Å². The van der Waals surface area contributed by atoms with Crippen molar-refractivity contribution in [2.45, 2.75) is 77.5 Å². The molecule has 1 fully saturated rings. The minimum Gasteiger partial charge on any atom is -0.496 e. The van der Waals surface area contributed by atoms with Gasteiger partial charge in [-0.05, 0) is 81.3 Å². The molecular formula is C30H42ClNO5. The maximum atomic E-state index is 11.9. The number of nitrogens with zero attached hydrogens (tertiary/aromatic N) is 1. The van der Waals surface area contributed by atoms with Crippen molar-refractivity contribution in [3.05, 3.63) is 63.7 Å². The monoisotopic (exact) mass is 531 g/mol. The lowest BCUT2D eigenvalue weighted by Crippen LogP contribution is -2.39. The molecule has 0 aromatic heterocycles. The van der Waals surface area contributed by atoms with Crippen molar-refractivity contribution in [2.75, 3.05) is 33.4 Å². The van der Waals surface area contributed by atoms with Crippen molar-refractivity contribution >= 4 is 17.6 Å². The molecule has 204 valence electrons. The quantitative estimate of drug-likeness (QED) is 0.322. The number of carbonyl (C=O) groups is 1. The number of likely N-dealkylation sites (tertiary alicyclic amines) is 1. The molecule has 0 radical (unpaired) electrons. The highest BCUT2D eigenvalue weighted by Gasteiger charge is 2.27. The Bertz CT molecular complexity index is 1010. The summed E-state index contributed by atoms with van der Waals surface area (Å²) in [6.07, 6.45) is 4.09. The Balaban J connectivity index is 1.56. The molecule has 2 aromatic rings. The van der Waals surface area contributed by atoms with E-state index < -0.39 is 6.10 Å². The molecule has 1 N–H and O–H groups in total. The van der Waals surface area contributed by atoms with Gasteiger partial charge in [0.05, 0.1) is 32.5 Å². The van der Waals surface area contributed by atoms with Crippen molar-refractivity contribution in [1.82, 2.24) is 4.90 Å². The number of aryl methyl sites for hydroxylation is 1. The van der Waals surface area contributed by atoms with Gasteiger partial charge in [-0.3, -0.25) is 9.69 Å². The molecule has 1 aliphatic rings. The summed E-state index contributed by atoms with van der Waals surface area (Å²) in [7, 11) is 1.63. The Hall–Kier alpha value is -2.12. The fourth-order valence-electron chi connectivity index (χ4n) is 5.22. The van der Waals surface area contributed by atoms with E-state index in [2.05, 4.69) is 24.0 Å². The number of rotatable bonds is 14. The zero-order valence-electron chi connectivity index (χ0n) is 22.7. The van der Waals surface area contributed by atoms with E-state index in [9.17, 15) is 9.90 Å². The van der Waals surface area contributed by atoms with Crippen LogP contribution in [-0.2, 0) is 33.5 Å². The maximum absolute atomic E-state index is 11.9. The Kier molecular flexibility index (Phi) is 11.7. The predicted molar refractivity (Wildman–Crippen MR) is 147 cm³/mol. The van der Waals surface area contributed by atoms with E-state index in [1.807, 2.05) is 31.2 Å². The number of carbonyl (C=O) groups excluding carboxylic acids is 1. The highest BCUT2D eigenvalue weighted by atomic mass is 35.5. The van der Waals surface area contributed by atoms with Crippen LogP contribution in [0.3, 0.4) is 0 Å². The third-order valence-electron chi connectivity index (χ3n) is 7.16. The Labute approximate surface area is 226 Å². The van der Waals surface area contributed by atoms with E-state index in [1.165, 1.54) is 11.1 Å². The summed E-state index contributed by atoms with van der Waals surface area (Å²) in [6, 6.07) is 12.6. The number of halogens is 1. The molecule has 0 unspecified atom stereocenters. The van der Waals surface area contributed by atoms with E-state index in [4.69, 9.17) is 25.8 Å². The van der Waals surface area contributed by atoms with Gasteiger partial charge in [0.2, 0.25) is 0 Å². The standard InChI is InChI=1S/C30H42ClNO5/c1-5-23-17-22(12-14-28(23)31)18-24-9-8-16-32(24)19-25(33)20-37-21(3)26-10-7-11-29(35-4)27(26)13-15-30(34)36-6-2/h7,10-12,14,17,21,24-25,33H,5-6,8-9,13,15-16,18-20H2,1-4H3/t21-,24+,25-/m1/s1. The van der Waals surface area contributed by atoms with E-state index in [0.717, 1.165) is 54.1 Å². The number of methoxy groups -OCH3 is 1. The number of ether oxygens (including phenoxy) is 3. The minimum absolute atomic E-state index is 0.229. The van der Waals surface area contributed by atoms with Gasteiger partial charge in [0.25, 0.3) is 0 Å². The molecule has 6 nitrogen and oxygen atoms in total. The third kappa shape index (κ3) is 8.44. The highest BCUT2D eigenvalue weighted by molar-refractivity contribution is 6.31. The van der Waals surface area contributed by atoms with Gasteiger partial charge in [0.15, 0.2) is 0 Å². The Morgan fingerprint density at radius 2 is 2.05 bits per heavy atom. The molecule has 1 aliphatic heterocycles. The second kappa shape index (κ2) is 14.7. The highest BCUT2D eigenvalue weighted by Crippen LogP contribution is 2.30. The fraction of sp³-hybridized carbons (Fsp3) is 0.567. The van der Waals surface area contributed by atoms with Crippen molar-refractivity contribution < 1.29 is 24.1 Å². The molecule has 7 heteroatoms. The number of benzene rings is 2. The molecule has 37 heavy (non-hydrogen) atoms. The van der Waals surface area contributed by atoms with Crippen LogP contribution in [0.1, 0.15) is 68.4 Å². The third-order valence-corrected chi connectivity index (χ3v) is 7.53. The Morgan fingerprint density at radius 3 is 2.78 bits per heavy atom. The van der Waals surface area contributed by atoms with E-state index in [-0.39, 0.29) is 25.1 Å². The first kappa shape index (κ1) is 29.4. The molecular weight excluding hydrogens is 490 g/mol. The minimum atomic E-state index is -0.590. The Morgan fingerprint density at radius 1 is 1.24 bits per heavy atom. The van der Waals surface area contributed by atoms with Crippen LogP contribution in [0.5, 0.6) is 5.75 Å². The van der Waals surface area contributed by atoms with Crippen LogP contribution in [0.25, 0.3) is 0 Å². The molecule has 0 aliphatic carbocycles. The molecule has 0 bridgehead atoms. The number of aliphatic hydroxyl groups excluding tert-OH is 1. The van der Waals surface area contributed by atoms with Crippen molar-refractivity contribution in [3.63, 3.8) is 0 Å². The average Bonchev–Trinajstić information content (AvgIpc) is 3.33. The topological polar surface area (TPSA) is 68.2 Å². The lowest BCUT2D eigenvalue weighted by atomic mass is 9.98. The molecule has 1 heterocycles. The summed E-state index contributed by atoms with van der Waals surface area (Å²) in [6.45, 7) is 8.07. The number of β-amino-alcohol motifs (C(OH)–C–C–N with tert-alkyl or cyclic N) is 1. The van der Waals surface area contributed by atoms with Crippen LogP contribution in [0, 0.1) is 0 Å². The molecule has 0 amide bonds. The van der Waals surface area contributed by atoms with Crippen molar-refractivity contribution in [1.29, 1.82) is 0 Å². The summed E-state index contributed by atoms with van der Waals surface area (Å²) in [5.41, 5.74) is 4.38. The fourth-order valence-corrected chi connectivity index (χ4v) is 5.47. The second-order valence-electron chi connectivity index (χ2n) is 9.74. The van der Waals surface area contributed by atoms with Gasteiger partial charge < -0.3 is 19.3 Å². The molecule has 1 saturated heterocycles. The van der Waals surface area contributed by atoms with Crippen LogP contribution in [0.2, 0.25) is 5.02 Å². The molecule has 0 spiro atoms. The first-order valence-corrected chi connectivity index (χ1v) is 13.9. The van der Waals surface area contributed by atoms with E-state index in [1.54, 1.807) is 14.0 Å². The SMILES string of the molecule is CCOC(=O)CCc1c(OC)cccc1[C@@H](C)OC[C@H](O)CN1CCC[C@H]1Cc1ccc(Cl)c(CC)c1. The summed E-state index contributed by atoms with van der Waals surface area (Å²) in [4.78, 5) is 14.3. The summed E-state index contributed by atoms with van der Waals surface area (Å²) >= 11 is 6.30. The lowest BCUT2D eigenvalue weighted by Gasteiger charge is -2.28. The molecule has 2 aromatic carbocycles. The van der Waals surface area contributed by atoms with Gasteiger partial charge in [-0.25, -0.2) is 0 Å². The molecule has 3 atom stereocenters. The van der Waals surface area contributed by atoms with Crippen LogP contribution in [0.15, 0.2) is 36.4 Å².